The number of aromatic amines is 1. The molecule has 2 aromatic rings. The van der Waals surface area contributed by atoms with Gasteiger partial charge in [-0.25, -0.2) is 4.98 Å². The largest absolute Gasteiger partial charge is 0.542 e. The van der Waals surface area contributed by atoms with Crippen molar-refractivity contribution < 1.29 is 28.1 Å². The van der Waals surface area contributed by atoms with Crippen LogP contribution in [0.15, 0.2) is 42.7 Å². The maximum Gasteiger partial charge on any atom is 0.430 e. The van der Waals surface area contributed by atoms with Gasteiger partial charge in [0.05, 0.1) is 0 Å². The van der Waals surface area contributed by atoms with E-state index in [1.165, 1.54) is 10.8 Å². The number of aromatic nitrogens is 1. The van der Waals surface area contributed by atoms with E-state index >= 15 is 0 Å². The van der Waals surface area contributed by atoms with Gasteiger partial charge in [0.1, 0.15) is 5.97 Å². The molecule has 0 atom stereocenters. The van der Waals surface area contributed by atoms with Crippen LogP contribution in [0.5, 0.6) is 0 Å². The van der Waals surface area contributed by atoms with Crippen LogP contribution in [-0.4, -0.2) is 12.1 Å². The lowest BCUT2D eigenvalue weighted by Gasteiger charge is -2.03. The molecular formula is C11H8F3NO2. The van der Waals surface area contributed by atoms with Crippen molar-refractivity contribution >= 4 is 16.7 Å². The average Bonchev–Trinajstić information content (AvgIpc) is 2.29. The van der Waals surface area contributed by atoms with Gasteiger partial charge in [-0.2, -0.15) is 13.2 Å². The van der Waals surface area contributed by atoms with Crippen LogP contribution >= 0.6 is 0 Å². The van der Waals surface area contributed by atoms with Gasteiger partial charge in [0.15, 0.2) is 12.4 Å². The quantitative estimate of drug-likeness (QED) is 0.691. The molecule has 1 heterocycles. The van der Waals surface area contributed by atoms with Crippen molar-refractivity contribution in [2.75, 3.05) is 0 Å². The van der Waals surface area contributed by atoms with Gasteiger partial charge in [-0.05, 0) is 11.5 Å². The summed E-state index contributed by atoms with van der Waals surface area (Å²) >= 11 is 0. The second-order valence-electron chi connectivity index (χ2n) is 3.06. The van der Waals surface area contributed by atoms with E-state index in [0.717, 1.165) is 0 Å². The zero-order valence-corrected chi connectivity index (χ0v) is 8.49. The molecule has 17 heavy (non-hydrogen) atoms. The van der Waals surface area contributed by atoms with E-state index in [9.17, 15) is 13.2 Å². The highest BCUT2D eigenvalue weighted by molar-refractivity contribution is 5.80. The molecule has 0 radical (unpaired) electrons. The number of benzene rings is 1. The summed E-state index contributed by atoms with van der Waals surface area (Å²) < 4.78 is 31.5. The van der Waals surface area contributed by atoms with Gasteiger partial charge in [-0.1, -0.05) is 18.2 Å². The predicted molar refractivity (Wildman–Crippen MR) is 51.6 cm³/mol. The number of pyridine rings is 1. The van der Waals surface area contributed by atoms with Crippen LogP contribution in [0.3, 0.4) is 0 Å². The lowest BCUT2D eigenvalue weighted by Crippen LogP contribution is -2.37. The highest BCUT2D eigenvalue weighted by atomic mass is 19.4. The van der Waals surface area contributed by atoms with Crippen LogP contribution in [0.4, 0.5) is 13.2 Å². The van der Waals surface area contributed by atoms with Crippen molar-refractivity contribution in [3.8, 4) is 0 Å². The Balaban J connectivity index is 0.000000185. The first kappa shape index (κ1) is 13.0. The summed E-state index contributed by atoms with van der Waals surface area (Å²) in [6, 6.07) is 10.3. The summed E-state index contributed by atoms with van der Waals surface area (Å²) in [5.41, 5.74) is 0. The van der Waals surface area contributed by atoms with Gasteiger partial charge in [0.2, 0.25) is 0 Å². The molecule has 6 heteroatoms. The zero-order valence-electron chi connectivity index (χ0n) is 8.49. The molecule has 0 spiro atoms. The minimum atomic E-state index is -5.19. The molecule has 0 saturated heterocycles. The van der Waals surface area contributed by atoms with Gasteiger partial charge >= 0.3 is 6.18 Å². The third-order valence-electron chi connectivity index (χ3n) is 1.83. The maximum absolute atomic E-state index is 10.5. The topological polar surface area (TPSA) is 54.3 Å². The summed E-state index contributed by atoms with van der Waals surface area (Å²) in [6.07, 6.45) is -1.27. The van der Waals surface area contributed by atoms with Crippen molar-refractivity contribution in [2.24, 2.45) is 0 Å². The molecule has 3 nitrogen and oxygen atoms in total. The number of hydrogen-bond acceptors (Lipinski definition) is 2. The predicted octanol–water partition coefficient (Wildman–Crippen LogP) is 0.952. The number of rotatable bonds is 0. The third kappa shape index (κ3) is 4.10. The van der Waals surface area contributed by atoms with E-state index in [0.29, 0.717) is 0 Å². The number of H-pyrrole nitrogens is 1. The van der Waals surface area contributed by atoms with E-state index in [4.69, 9.17) is 9.90 Å². The van der Waals surface area contributed by atoms with Crippen molar-refractivity contribution in [3.05, 3.63) is 42.7 Å². The molecule has 0 aliphatic rings. The summed E-state index contributed by atoms with van der Waals surface area (Å²) in [5, 5.41) is 11.3. The van der Waals surface area contributed by atoms with E-state index in [1.54, 1.807) is 0 Å². The first-order valence-corrected chi connectivity index (χ1v) is 4.54. The van der Waals surface area contributed by atoms with E-state index in [2.05, 4.69) is 23.2 Å². The van der Waals surface area contributed by atoms with Crippen LogP contribution in [0.25, 0.3) is 10.8 Å². The van der Waals surface area contributed by atoms with Gasteiger partial charge < -0.3 is 9.90 Å². The molecule has 0 unspecified atom stereocenters. The second kappa shape index (κ2) is 5.29. The summed E-state index contributed by atoms with van der Waals surface area (Å²) in [5.74, 6) is -3.01. The highest BCUT2D eigenvalue weighted by Gasteiger charge is 2.28. The first-order valence-electron chi connectivity index (χ1n) is 4.54. The fourth-order valence-electron chi connectivity index (χ4n) is 1.07. The van der Waals surface area contributed by atoms with Crippen LogP contribution in [0.2, 0.25) is 0 Å². The van der Waals surface area contributed by atoms with E-state index in [-0.39, 0.29) is 0 Å². The summed E-state index contributed by atoms with van der Waals surface area (Å²) in [6.45, 7) is 0. The summed E-state index contributed by atoms with van der Waals surface area (Å²) in [7, 11) is 0. The Labute approximate surface area is 94.5 Å². The molecule has 1 aromatic heterocycles. The molecule has 0 amide bonds. The number of nitrogens with one attached hydrogen (secondary N) is 1. The monoisotopic (exact) mass is 243 g/mol. The molecular weight excluding hydrogens is 235 g/mol. The van der Waals surface area contributed by atoms with Crippen LogP contribution in [-0.2, 0) is 4.79 Å². The Kier molecular flexibility index (Phi) is 4.03. The van der Waals surface area contributed by atoms with Crippen LogP contribution in [0.1, 0.15) is 0 Å². The molecule has 2 rings (SSSR count). The lowest BCUT2D eigenvalue weighted by atomic mass is 10.2. The average molecular weight is 243 g/mol. The van der Waals surface area contributed by atoms with Gasteiger partial charge in [-0.15, -0.1) is 0 Å². The molecule has 0 aliphatic carbocycles. The fraction of sp³-hybridized carbons (Fsp3) is 0.0909. The van der Waals surface area contributed by atoms with Crippen molar-refractivity contribution in [1.82, 2.24) is 0 Å². The number of carbonyl (C=O) groups is 1. The normalized spacial score (nSPS) is 10.5. The number of carboxylic acids is 1. The summed E-state index contributed by atoms with van der Waals surface area (Å²) in [4.78, 5) is 11.8. The van der Waals surface area contributed by atoms with Crippen molar-refractivity contribution in [2.45, 2.75) is 6.18 Å². The molecule has 0 fully saturated rings. The first-order chi connectivity index (χ1) is 7.91. The number of alkyl halides is 3. The molecule has 0 bridgehead atoms. The standard InChI is InChI=1S/C9H7N.C2HF3O2/c1-2-4-9-7-10-6-5-8(9)3-1;3-2(4,5)1(6)7/h1-7H;(H,6,7). The Morgan fingerprint density at radius 1 is 1.12 bits per heavy atom. The highest BCUT2D eigenvalue weighted by Crippen LogP contribution is 2.11. The molecule has 1 N–H and O–H groups in total. The smallest absolute Gasteiger partial charge is 0.430 e. The SMILES string of the molecule is O=C([O-])C(F)(F)F.c1ccc2c[nH+]ccc2c1. The number of aliphatic carboxylic acids is 1. The Bertz CT molecular complexity index is 446. The maximum atomic E-state index is 10.5. The molecule has 0 saturated carbocycles. The number of carbonyl (C=O) groups excluding carboxylic acids is 1. The number of hydrogen-bond donors (Lipinski definition) is 0. The molecule has 1 aromatic carbocycles. The lowest BCUT2D eigenvalue weighted by molar-refractivity contribution is -0.375. The minimum absolute atomic E-state index is 1.25. The van der Waals surface area contributed by atoms with Crippen molar-refractivity contribution in [3.63, 3.8) is 0 Å². The van der Waals surface area contributed by atoms with Gasteiger partial charge in [-0.3, -0.25) is 0 Å². The Morgan fingerprint density at radius 2 is 1.65 bits per heavy atom. The van der Waals surface area contributed by atoms with Crippen LogP contribution < -0.4 is 10.1 Å². The van der Waals surface area contributed by atoms with Gasteiger partial charge in [0, 0.05) is 11.5 Å². The Morgan fingerprint density at radius 3 is 2.12 bits per heavy atom. The Hall–Kier alpha value is -2.11. The molecule has 0 aliphatic heterocycles. The van der Waals surface area contributed by atoms with E-state index < -0.39 is 12.1 Å². The second-order valence-corrected chi connectivity index (χ2v) is 3.06. The number of fused-ring (bicyclic) bond motifs is 1. The fourth-order valence-corrected chi connectivity index (χ4v) is 1.07. The number of carboxylic acid groups (broad SMARTS) is 1. The molecule has 90 valence electrons. The number of halogens is 3. The zero-order chi connectivity index (χ0) is 12.9. The van der Waals surface area contributed by atoms with Crippen molar-refractivity contribution in [1.29, 1.82) is 0 Å². The van der Waals surface area contributed by atoms with E-state index in [1.807, 2.05) is 24.5 Å². The van der Waals surface area contributed by atoms with Gasteiger partial charge in [0.25, 0.3) is 0 Å². The minimum Gasteiger partial charge on any atom is -0.542 e. The van der Waals surface area contributed by atoms with Crippen LogP contribution in [0, 0.1) is 0 Å². The third-order valence-corrected chi connectivity index (χ3v) is 1.83.